The molecular weight excluding hydrogens is 1250 g/mol. The smallest absolute Gasteiger partial charge is 0.245 e. The molecule has 0 radical (unpaired) electrons. The Morgan fingerprint density at radius 1 is 0.537 bits per heavy atom. The Balaban J connectivity index is 1.56. The predicted molar refractivity (Wildman–Crippen MR) is 356 cm³/mol. The summed E-state index contributed by atoms with van der Waals surface area (Å²) in [6.07, 6.45) is 3.12. The van der Waals surface area contributed by atoms with Gasteiger partial charge in [0.2, 0.25) is 76.8 Å². The first-order valence-electron chi connectivity index (χ1n) is 32.2. The average molecular weight is 1350 g/mol. The van der Waals surface area contributed by atoms with Crippen molar-refractivity contribution in [2.75, 3.05) is 44.7 Å². The van der Waals surface area contributed by atoms with Gasteiger partial charge in [0.25, 0.3) is 0 Å². The van der Waals surface area contributed by atoms with E-state index in [1.165, 1.54) is 21.6 Å². The number of benzene rings is 2. The minimum Gasteiger partial charge on any atom is -0.370 e. The second-order valence-corrected chi connectivity index (χ2v) is 25.1. The van der Waals surface area contributed by atoms with Gasteiger partial charge in [0.1, 0.15) is 54.4 Å². The molecule has 2 fully saturated rings. The zero-order valence-electron chi connectivity index (χ0n) is 54.5. The zero-order valence-corrected chi connectivity index (χ0v) is 55.3. The third-order valence-corrected chi connectivity index (χ3v) is 16.7. The number of nitrogens with zero attached hydrogens (tertiary/aromatic N) is 3. The topological polar surface area (TPSA) is 519 Å². The lowest BCUT2D eigenvalue weighted by atomic mass is 10.0. The Morgan fingerprint density at radius 2 is 1.01 bits per heavy atom. The van der Waals surface area contributed by atoms with Gasteiger partial charge in [-0.25, -0.2) is 0 Å². The summed E-state index contributed by atoms with van der Waals surface area (Å²) in [6, 6.07) is 4.51. The highest BCUT2D eigenvalue weighted by atomic mass is 32.2. The highest BCUT2D eigenvalue weighted by Gasteiger charge is 2.42. The maximum atomic E-state index is 14.7. The number of likely N-dealkylation sites (tertiary alicyclic amines) is 2. The van der Waals surface area contributed by atoms with Crippen LogP contribution in [0.15, 0.2) is 65.7 Å². The number of carbonyl (C=O) groups excluding carboxylic acids is 13. The van der Waals surface area contributed by atoms with Gasteiger partial charge >= 0.3 is 0 Å². The summed E-state index contributed by atoms with van der Waals surface area (Å²) in [7, 11) is 0. The van der Waals surface area contributed by atoms with Crippen LogP contribution in [-0.4, -0.2) is 198 Å². The van der Waals surface area contributed by atoms with E-state index in [1.54, 1.807) is 60.7 Å². The summed E-state index contributed by atoms with van der Waals surface area (Å²) in [5, 5.41) is 21.1. The van der Waals surface area contributed by atoms with Crippen molar-refractivity contribution in [3.63, 3.8) is 0 Å². The molecule has 95 heavy (non-hydrogen) atoms. The summed E-state index contributed by atoms with van der Waals surface area (Å²) < 4.78 is 0. The average Bonchev–Trinajstić information content (AvgIpc) is 1.74. The molecule has 2 heterocycles. The van der Waals surface area contributed by atoms with E-state index in [2.05, 4.69) is 47.5 Å². The van der Waals surface area contributed by atoms with E-state index in [0.717, 1.165) is 0 Å². The molecule has 0 aliphatic carbocycles. The van der Waals surface area contributed by atoms with Crippen molar-refractivity contribution in [1.29, 1.82) is 0 Å². The van der Waals surface area contributed by atoms with E-state index in [4.69, 9.17) is 40.1 Å². The number of aliphatic imine (C=N–C) groups is 1. The van der Waals surface area contributed by atoms with Crippen molar-refractivity contribution in [2.45, 2.75) is 183 Å². The summed E-state index contributed by atoms with van der Waals surface area (Å²) in [4.78, 5) is 185. The minimum atomic E-state index is -1.64. The van der Waals surface area contributed by atoms with E-state index >= 15 is 0 Å². The predicted octanol–water partition coefficient (Wildman–Crippen LogP) is -3.71. The lowest BCUT2D eigenvalue weighted by molar-refractivity contribution is -0.144. The number of amides is 13. The summed E-state index contributed by atoms with van der Waals surface area (Å²) in [6.45, 7) is 3.86. The minimum absolute atomic E-state index is 0.0736. The number of hydrogen-bond donors (Lipinski definition) is 15. The molecule has 0 aromatic heterocycles. The Morgan fingerprint density at radius 3 is 1.51 bits per heavy atom. The first kappa shape index (κ1) is 78.5. The van der Waals surface area contributed by atoms with Gasteiger partial charge < -0.3 is 92.5 Å². The van der Waals surface area contributed by atoms with Gasteiger partial charge in [0, 0.05) is 45.3 Å². The number of thioether (sulfide) groups is 1. The SMILES string of the molecule is CSCC[C@H](NC(=O)[C@@H](CC(C)C)NC(=O)CNC(=O)[C@H](Cc1ccccc1)NC(=O)[C@H](Cc1ccccc1)NC(=O)[C@@H](CCC(N)=O)NC(=O)[C@@H](CCC(N)=O)NC(=O)[C@H]1CCCN1C(=O)[C@H](CCCCN)NC(=O)[C@@H]1CCCN1C(=O)[C@@H](N)CCCN=C(N)N)C(N)=O. The van der Waals surface area contributed by atoms with Gasteiger partial charge in [-0.3, -0.25) is 67.3 Å². The Hall–Kier alpha value is -8.91. The zero-order chi connectivity index (χ0) is 70.1. The number of carbonyl (C=O) groups is 13. The summed E-state index contributed by atoms with van der Waals surface area (Å²) >= 11 is 1.45. The quantitative estimate of drug-likeness (QED) is 0.0173. The number of hydrogen-bond acceptors (Lipinski definition) is 17. The fourth-order valence-electron chi connectivity index (χ4n) is 11.0. The van der Waals surface area contributed by atoms with Crippen molar-refractivity contribution >= 4 is 94.5 Å². The van der Waals surface area contributed by atoms with Gasteiger partial charge in [-0.2, -0.15) is 11.8 Å². The Labute approximate surface area is 558 Å². The molecule has 0 spiro atoms. The van der Waals surface area contributed by atoms with Crippen molar-refractivity contribution in [3.05, 3.63) is 71.8 Å². The van der Waals surface area contributed by atoms with Crippen LogP contribution < -0.4 is 82.7 Å². The van der Waals surface area contributed by atoms with Crippen molar-refractivity contribution < 1.29 is 62.3 Å². The van der Waals surface area contributed by atoms with Crippen LogP contribution in [0.3, 0.4) is 0 Å². The highest BCUT2D eigenvalue weighted by molar-refractivity contribution is 7.98. The van der Waals surface area contributed by atoms with E-state index in [-0.39, 0.29) is 83.0 Å². The molecule has 32 heteroatoms. The van der Waals surface area contributed by atoms with Gasteiger partial charge in [0.05, 0.1) is 12.6 Å². The van der Waals surface area contributed by atoms with Crippen molar-refractivity contribution in [3.8, 4) is 0 Å². The second-order valence-electron chi connectivity index (χ2n) is 24.1. The largest absolute Gasteiger partial charge is 0.370 e. The molecule has 2 aliphatic rings. The molecule has 2 aromatic carbocycles. The number of nitrogens with two attached hydrogens (primary N) is 7. The number of primary amides is 3. The number of guanidine groups is 1. The normalized spacial score (nSPS) is 16.8. The standard InChI is InChI=1S/C63H98N18O13S/c1-37(2)33-45(57(89)74-41(53(68)85)27-32-95-3)73-52(84)36-72-54(86)46(34-38-15-6-4-7-16-38)78-58(90)47(35-39-17-8-5-9-18-39)79-56(88)42(23-25-50(66)82)75-55(87)43(24-26-51(67)83)76-59(91)49-22-14-31-81(49)62(94)44(20-10-11-28-64)77-60(92)48-21-13-30-80(48)61(93)40(65)19-12-29-71-63(69)70/h4-9,15-18,37,40-49H,10-14,19-36,64-65H2,1-3H3,(H2,66,82)(H2,67,83)(H2,68,85)(H,72,86)(H,73,84)(H,74,89)(H,75,87)(H,76,91)(H,77,92)(H,78,90)(H,79,88)(H4,69,70,71)/t40-,41-,42+,43+,44-,45+,46-,47-,48-,49+/m0/s1. The van der Waals surface area contributed by atoms with Crippen LogP contribution in [-0.2, 0) is 75.2 Å². The third-order valence-electron chi connectivity index (χ3n) is 16.0. The molecule has 22 N–H and O–H groups in total. The van der Waals surface area contributed by atoms with Crippen LogP contribution in [0.1, 0.15) is 121 Å². The molecule has 10 atom stereocenters. The number of unbranched alkanes of at least 4 members (excludes halogenated alkanes) is 1. The van der Waals surface area contributed by atoms with Crippen LogP contribution in [0.2, 0.25) is 0 Å². The molecule has 13 amide bonds. The molecule has 0 unspecified atom stereocenters. The van der Waals surface area contributed by atoms with E-state index < -0.39 is 169 Å². The van der Waals surface area contributed by atoms with E-state index in [1.807, 2.05) is 20.1 Å². The molecule has 0 saturated carbocycles. The van der Waals surface area contributed by atoms with E-state index in [9.17, 15) is 62.3 Å². The second kappa shape index (κ2) is 41.0. The fraction of sp³-hybridized carbons (Fsp3) is 0.587. The number of rotatable bonds is 42. The number of nitrogens with one attached hydrogen (secondary N) is 8. The molecule has 0 bridgehead atoms. The summed E-state index contributed by atoms with van der Waals surface area (Å²) in [5.74, 6) is -9.80. The first-order valence-corrected chi connectivity index (χ1v) is 33.6. The van der Waals surface area contributed by atoms with Crippen LogP contribution >= 0.6 is 11.8 Å². The monoisotopic (exact) mass is 1350 g/mol. The lowest BCUT2D eigenvalue weighted by Gasteiger charge is -2.32. The van der Waals surface area contributed by atoms with E-state index in [0.29, 0.717) is 55.4 Å². The molecule has 4 rings (SSSR count). The highest BCUT2D eigenvalue weighted by Crippen LogP contribution is 2.24. The van der Waals surface area contributed by atoms with Crippen molar-refractivity contribution in [2.24, 2.45) is 51.0 Å². The molecule has 2 saturated heterocycles. The Kier molecular flexibility index (Phi) is 33.9. The molecule has 2 aliphatic heterocycles. The van der Waals surface area contributed by atoms with Crippen LogP contribution in [0, 0.1) is 5.92 Å². The molecule has 31 nitrogen and oxygen atoms in total. The maximum absolute atomic E-state index is 14.7. The van der Waals surface area contributed by atoms with Crippen molar-refractivity contribution in [1.82, 2.24) is 52.3 Å². The van der Waals surface area contributed by atoms with Gasteiger partial charge in [-0.05, 0) is 119 Å². The van der Waals surface area contributed by atoms with Gasteiger partial charge in [-0.15, -0.1) is 0 Å². The lowest BCUT2D eigenvalue weighted by Crippen LogP contribution is -2.60. The van der Waals surface area contributed by atoms with Gasteiger partial charge in [-0.1, -0.05) is 74.5 Å². The Bertz CT molecular complexity index is 2960. The first-order chi connectivity index (χ1) is 45.2. The third kappa shape index (κ3) is 27.5. The maximum Gasteiger partial charge on any atom is 0.245 e. The van der Waals surface area contributed by atoms with Crippen LogP contribution in [0.25, 0.3) is 0 Å². The molecule has 524 valence electrons. The summed E-state index contributed by atoms with van der Waals surface area (Å²) in [5.41, 5.74) is 40.6. The van der Waals surface area contributed by atoms with Crippen LogP contribution in [0.5, 0.6) is 0 Å². The van der Waals surface area contributed by atoms with Crippen LogP contribution in [0.4, 0.5) is 0 Å². The molecule has 2 aromatic rings. The molecular formula is C63H98N18O13S. The van der Waals surface area contributed by atoms with Gasteiger partial charge in [0.15, 0.2) is 5.96 Å². The fourth-order valence-corrected chi connectivity index (χ4v) is 11.5.